The Balaban J connectivity index is 1.76. The van der Waals surface area contributed by atoms with Gasteiger partial charge >= 0.3 is 5.97 Å². The van der Waals surface area contributed by atoms with Crippen LogP contribution in [0.25, 0.3) is 5.57 Å². The number of hydrogen-bond acceptors (Lipinski definition) is 6. The zero-order valence-electron chi connectivity index (χ0n) is 13.0. The van der Waals surface area contributed by atoms with E-state index in [1.54, 1.807) is 0 Å². The molecular formula is C16H15ClN3O3S2-. The molecule has 25 heavy (non-hydrogen) atoms. The summed E-state index contributed by atoms with van der Waals surface area (Å²) in [5.74, 6) is -1.000. The number of anilines is 1. The Morgan fingerprint density at radius 2 is 2.24 bits per heavy atom. The lowest BCUT2D eigenvalue weighted by Crippen LogP contribution is -2.53. The van der Waals surface area contributed by atoms with Gasteiger partial charge in [-0.05, 0) is 23.3 Å². The molecule has 2 heterocycles. The molecule has 1 aromatic carbocycles. The number of nitrogens with zero attached hydrogens (tertiary/aromatic N) is 2. The third kappa shape index (κ3) is 2.55. The number of thiocarbonyl (C=S) groups is 1. The predicted molar refractivity (Wildman–Crippen MR) is 104 cm³/mol. The molecule has 1 saturated heterocycles. The SMILES string of the molecule is O=C(O)C1(S)Cc2ccc(N3CCN([O-])CC3Cl)cc2C2=C1NC2=S. The standard InChI is InChI=1S/C16H15ClN3O3S2/c17-11-7-19(23)3-4-20(11)9-2-1-8-6-16(25,15(21)22)13-12(10(8)5-9)14(24)18-13/h1-2,5,11,25H,3-4,6-7H2,(H,18,24)(H,21,22)/q-1. The topological polar surface area (TPSA) is 78.9 Å². The van der Waals surface area contributed by atoms with E-state index in [0.717, 1.165) is 27.5 Å². The minimum atomic E-state index is -1.30. The first-order valence-corrected chi connectivity index (χ1v) is 9.08. The maximum Gasteiger partial charge on any atom is 0.325 e. The van der Waals surface area contributed by atoms with Crippen LogP contribution in [0, 0.1) is 5.21 Å². The number of carbonyl (C=O) groups is 1. The van der Waals surface area contributed by atoms with Crippen molar-refractivity contribution in [3.8, 4) is 0 Å². The molecule has 9 heteroatoms. The molecule has 2 N–H and O–H groups in total. The summed E-state index contributed by atoms with van der Waals surface area (Å²) in [7, 11) is 0. The minimum Gasteiger partial charge on any atom is -0.785 e. The Morgan fingerprint density at radius 1 is 1.48 bits per heavy atom. The van der Waals surface area contributed by atoms with Gasteiger partial charge in [-0.15, -0.1) is 0 Å². The zero-order valence-corrected chi connectivity index (χ0v) is 15.5. The molecule has 1 fully saturated rings. The van der Waals surface area contributed by atoms with E-state index in [0.29, 0.717) is 23.8 Å². The van der Waals surface area contributed by atoms with Gasteiger partial charge in [0, 0.05) is 37.3 Å². The van der Waals surface area contributed by atoms with Crippen LogP contribution in [0.1, 0.15) is 11.1 Å². The Labute approximate surface area is 160 Å². The molecule has 0 saturated carbocycles. The van der Waals surface area contributed by atoms with Gasteiger partial charge in [0.2, 0.25) is 0 Å². The molecule has 4 rings (SSSR count). The lowest BCUT2D eigenvalue weighted by Gasteiger charge is -2.44. The first-order valence-electron chi connectivity index (χ1n) is 7.79. The molecule has 6 nitrogen and oxygen atoms in total. The summed E-state index contributed by atoms with van der Waals surface area (Å²) in [5, 5.41) is 25.0. The second-order valence-corrected chi connectivity index (χ2v) is 8.08. The highest BCUT2D eigenvalue weighted by Crippen LogP contribution is 2.46. The van der Waals surface area contributed by atoms with E-state index in [-0.39, 0.29) is 13.0 Å². The highest BCUT2D eigenvalue weighted by atomic mass is 35.5. The third-order valence-electron chi connectivity index (χ3n) is 4.91. The first-order chi connectivity index (χ1) is 11.8. The van der Waals surface area contributed by atoms with E-state index in [1.807, 2.05) is 23.1 Å². The van der Waals surface area contributed by atoms with E-state index in [2.05, 4.69) is 17.9 Å². The number of nitrogens with one attached hydrogen (secondary N) is 1. The number of hydrogen-bond donors (Lipinski definition) is 3. The van der Waals surface area contributed by atoms with E-state index < -0.39 is 16.2 Å². The van der Waals surface area contributed by atoms with Crippen LogP contribution < -0.4 is 10.2 Å². The normalized spacial score (nSPS) is 28.8. The summed E-state index contributed by atoms with van der Waals surface area (Å²) >= 11 is 16.1. The van der Waals surface area contributed by atoms with Crippen LogP contribution in [-0.4, -0.2) is 51.0 Å². The van der Waals surface area contributed by atoms with Gasteiger partial charge < -0.3 is 25.6 Å². The summed E-state index contributed by atoms with van der Waals surface area (Å²) in [4.78, 5) is 14.2. The van der Waals surface area contributed by atoms with Crippen LogP contribution in [0.15, 0.2) is 23.9 Å². The molecule has 0 radical (unpaired) electrons. The molecule has 0 bridgehead atoms. The zero-order chi connectivity index (χ0) is 17.9. The number of carboxylic acids is 1. The Bertz CT molecular complexity index is 831. The lowest BCUT2D eigenvalue weighted by atomic mass is 9.77. The van der Waals surface area contributed by atoms with Gasteiger partial charge in [0.1, 0.15) is 10.5 Å². The summed E-state index contributed by atoms with van der Waals surface area (Å²) in [6, 6.07) is 5.78. The number of fused-ring (bicyclic) bond motifs is 2. The minimum absolute atomic E-state index is 0.241. The molecule has 2 aliphatic heterocycles. The van der Waals surface area contributed by atoms with Gasteiger partial charge in [-0.1, -0.05) is 29.9 Å². The van der Waals surface area contributed by atoms with Gasteiger partial charge in [0.25, 0.3) is 0 Å². The van der Waals surface area contributed by atoms with Crippen LogP contribution in [-0.2, 0) is 11.2 Å². The number of alkyl halides is 1. The van der Waals surface area contributed by atoms with Crippen molar-refractivity contribution in [1.82, 2.24) is 10.4 Å². The maximum atomic E-state index is 11.7. The molecule has 3 aliphatic rings. The van der Waals surface area contributed by atoms with Crippen molar-refractivity contribution in [2.75, 3.05) is 24.5 Å². The number of halogens is 1. The van der Waals surface area contributed by atoms with Crippen LogP contribution in [0.3, 0.4) is 0 Å². The number of carboxylic acid groups (broad SMARTS) is 1. The highest BCUT2D eigenvalue weighted by Gasteiger charge is 2.49. The number of hydroxylamine groups is 2. The van der Waals surface area contributed by atoms with Crippen molar-refractivity contribution in [2.24, 2.45) is 0 Å². The average molecular weight is 397 g/mol. The van der Waals surface area contributed by atoms with Gasteiger partial charge in [-0.2, -0.15) is 12.6 Å². The second-order valence-electron chi connectivity index (χ2n) is 6.40. The van der Waals surface area contributed by atoms with Crippen molar-refractivity contribution >= 4 is 58.7 Å². The monoisotopic (exact) mass is 396 g/mol. The van der Waals surface area contributed by atoms with E-state index >= 15 is 0 Å². The molecule has 0 amide bonds. The number of rotatable bonds is 2. The van der Waals surface area contributed by atoms with Gasteiger partial charge in [0.15, 0.2) is 4.75 Å². The number of thiol groups is 1. The third-order valence-corrected chi connectivity index (χ3v) is 6.16. The average Bonchev–Trinajstić information content (AvgIpc) is 2.53. The molecule has 0 aromatic heterocycles. The predicted octanol–water partition coefficient (Wildman–Crippen LogP) is 1.82. The molecule has 2 atom stereocenters. The lowest BCUT2D eigenvalue weighted by molar-refractivity contribution is -0.138. The van der Waals surface area contributed by atoms with E-state index in [1.165, 1.54) is 0 Å². The number of aliphatic carboxylic acids is 1. The molecule has 1 aliphatic carbocycles. The maximum absolute atomic E-state index is 11.7. The van der Waals surface area contributed by atoms with Gasteiger partial charge in [-0.25, -0.2) is 0 Å². The Hall–Kier alpha value is -1.32. The summed E-state index contributed by atoms with van der Waals surface area (Å²) < 4.78 is -1.30. The molecule has 2 unspecified atom stereocenters. The molecule has 1 aromatic rings. The van der Waals surface area contributed by atoms with Crippen LogP contribution >= 0.6 is 36.4 Å². The summed E-state index contributed by atoms with van der Waals surface area (Å²) in [5.41, 5.74) is 3.58. The van der Waals surface area contributed by atoms with Gasteiger partial charge in [0.05, 0.1) is 5.70 Å². The van der Waals surface area contributed by atoms with Gasteiger partial charge in [-0.3, -0.25) is 4.79 Å². The van der Waals surface area contributed by atoms with Crippen LogP contribution in [0.5, 0.6) is 0 Å². The Morgan fingerprint density at radius 3 is 2.88 bits per heavy atom. The fraction of sp³-hybridized carbons (Fsp3) is 0.375. The van der Waals surface area contributed by atoms with Crippen molar-refractivity contribution in [3.63, 3.8) is 0 Å². The first kappa shape index (κ1) is 17.1. The summed E-state index contributed by atoms with van der Waals surface area (Å²) in [6.45, 7) is 1.18. The molecular weight excluding hydrogens is 382 g/mol. The van der Waals surface area contributed by atoms with Crippen molar-refractivity contribution in [3.05, 3.63) is 40.2 Å². The number of benzene rings is 1. The van der Waals surface area contributed by atoms with Crippen molar-refractivity contribution in [1.29, 1.82) is 0 Å². The quantitative estimate of drug-likeness (QED) is 0.304. The highest BCUT2D eigenvalue weighted by molar-refractivity contribution is 7.83. The molecule has 0 spiro atoms. The van der Waals surface area contributed by atoms with E-state index in [9.17, 15) is 15.1 Å². The van der Waals surface area contributed by atoms with Crippen LogP contribution in [0.2, 0.25) is 0 Å². The van der Waals surface area contributed by atoms with E-state index in [4.69, 9.17) is 23.8 Å². The fourth-order valence-corrected chi connectivity index (χ4v) is 4.56. The second kappa shape index (κ2) is 5.85. The van der Waals surface area contributed by atoms with Crippen molar-refractivity contribution in [2.45, 2.75) is 16.7 Å². The smallest absolute Gasteiger partial charge is 0.325 e. The fourth-order valence-electron chi connectivity index (χ4n) is 3.54. The van der Waals surface area contributed by atoms with Crippen LogP contribution in [0.4, 0.5) is 5.69 Å². The largest absolute Gasteiger partial charge is 0.785 e. The molecule has 132 valence electrons. The van der Waals surface area contributed by atoms with Crippen molar-refractivity contribution < 1.29 is 9.90 Å². The Kier molecular flexibility index (Phi) is 4.01. The number of piperazine rings is 1. The summed E-state index contributed by atoms with van der Waals surface area (Å²) in [6.07, 6.45) is 0.272.